The summed E-state index contributed by atoms with van der Waals surface area (Å²) in [5.41, 5.74) is 11.9. The van der Waals surface area contributed by atoms with Gasteiger partial charge in [-0.25, -0.2) is 0 Å². The Kier molecular flexibility index (Phi) is 6.88. The molecule has 2 atom stereocenters. The van der Waals surface area contributed by atoms with Crippen molar-refractivity contribution in [3.05, 3.63) is 137 Å². The van der Waals surface area contributed by atoms with Crippen molar-refractivity contribution in [1.82, 2.24) is 0 Å². The van der Waals surface area contributed by atoms with Gasteiger partial charge in [-0.15, -0.1) is 23.5 Å². The summed E-state index contributed by atoms with van der Waals surface area (Å²) in [7, 11) is 0. The van der Waals surface area contributed by atoms with Gasteiger partial charge >= 0.3 is 0 Å². The lowest BCUT2D eigenvalue weighted by molar-refractivity contribution is 0.189. The minimum Gasteiger partial charge on any atom is -0.128 e. The SMILES string of the molecule is CCC1(CC)c2ccccc2-c2c1c1c(c3cc(SC)c(SC)cc23)C2CCC2C(c2ccccc2)(c2ccccc2)C=C1. The lowest BCUT2D eigenvalue weighted by atomic mass is 9.53. The number of allylic oxidation sites excluding steroid dienone is 1. The molecule has 3 aliphatic rings. The van der Waals surface area contributed by atoms with Crippen molar-refractivity contribution in [3.63, 3.8) is 0 Å². The fourth-order valence-corrected chi connectivity index (χ4v) is 10.9. The van der Waals surface area contributed by atoms with E-state index < -0.39 is 0 Å². The zero-order valence-electron chi connectivity index (χ0n) is 26.2. The van der Waals surface area contributed by atoms with Gasteiger partial charge in [0, 0.05) is 20.6 Å². The summed E-state index contributed by atoms with van der Waals surface area (Å²) in [5, 5.41) is 2.94. The van der Waals surface area contributed by atoms with Gasteiger partial charge in [-0.3, -0.25) is 0 Å². The number of hydrogen-bond donors (Lipinski definition) is 0. The van der Waals surface area contributed by atoms with E-state index in [1.165, 1.54) is 66.8 Å². The third-order valence-electron chi connectivity index (χ3n) is 11.5. The van der Waals surface area contributed by atoms with Gasteiger partial charge in [0.2, 0.25) is 0 Å². The molecule has 0 amide bonds. The highest BCUT2D eigenvalue weighted by molar-refractivity contribution is 8.01. The maximum Gasteiger partial charge on any atom is 0.0419 e. The van der Waals surface area contributed by atoms with Gasteiger partial charge < -0.3 is 0 Å². The lowest BCUT2D eigenvalue weighted by Gasteiger charge is -2.50. The van der Waals surface area contributed by atoms with E-state index >= 15 is 0 Å². The number of hydrogen-bond acceptors (Lipinski definition) is 2. The van der Waals surface area contributed by atoms with Gasteiger partial charge in [0.25, 0.3) is 0 Å². The third-order valence-corrected chi connectivity index (χ3v) is 13.2. The summed E-state index contributed by atoms with van der Waals surface area (Å²) in [6.07, 6.45) is 14.4. The Labute approximate surface area is 271 Å². The van der Waals surface area contributed by atoms with Crippen molar-refractivity contribution in [3.8, 4) is 11.1 Å². The number of rotatable bonds is 6. The molecule has 0 spiro atoms. The molecule has 0 N–H and O–H groups in total. The van der Waals surface area contributed by atoms with Crippen LogP contribution < -0.4 is 0 Å². The van der Waals surface area contributed by atoms with Crippen LogP contribution in [-0.4, -0.2) is 12.5 Å². The Morgan fingerprint density at radius 1 is 0.705 bits per heavy atom. The molecule has 1 saturated carbocycles. The molecule has 0 aliphatic heterocycles. The van der Waals surface area contributed by atoms with Crippen LogP contribution in [0, 0.1) is 5.92 Å². The van der Waals surface area contributed by atoms with Gasteiger partial charge in [0.05, 0.1) is 0 Å². The fourth-order valence-electron chi connectivity index (χ4n) is 9.39. The van der Waals surface area contributed by atoms with Crippen LogP contribution in [0.2, 0.25) is 0 Å². The Balaban J connectivity index is 1.53. The van der Waals surface area contributed by atoms with E-state index in [9.17, 15) is 0 Å². The summed E-state index contributed by atoms with van der Waals surface area (Å²) in [5.74, 6) is 1.00. The molecule has 3 aliphatic carbocycles. The zero-order chi connectivity index (χ0) is 30.1. The predicted molar refractivity (Wildman–Crippen MR) is 192 cm³/mol. The van der Waals surface area contributed by atoms with Gasteiger partial charge in [-0.1, -0.05) is 111 Å². The molecular formula is C42H40S2. The molecule has 5 aromatic rings. The maximum absolute atomic E-state index is 2.64. The Bertz CT molecular complexity index is 1870. The molecule has 0 radical (unpaired) electrons. The highest BCUT2D eigenvalue weighted by Gasteiger charge is 2.53. The van der Waals surface area contributed by atoms with Crippen LogP contribution in [0.25, 0.3) is 28.0 Å². The van der Waals surface area contributed by atoms with E-state index in [0.717, 1.165) is 12.8 Å². The molecule has 0 aromatic heterocycles. The second-order valence-corrected chi connectivity index (χ2v) is 14.6. The van der Waals surface area contributed by atoms with Crippen molar-refractivity contribution in [2.75, 3.05) is 12.5 Å². The van der Waals surface area contributed by atoms with Crippen molar-refractivity contribution >= 4 is 40.4 Å². The standard InChI is InChI=1S/C42H40S2/c1-5-41(6-2)34-20-14-13-19-29(34)39-33-26-37(44-4)36(43-3)25-32(33)38-30-21-22-35(30)42(24-23-31(38)40(39)41,27-15-9-7-10-16-27)28-17-11-8-12-18-28/h7-20,23-26,30,35H,5-6,21-22H2,1-4H3. The van der Waals surface area contributed by atoms with Crippen LogP contribution in [-0.2, 0) is 10.8 Å². The van der Waals surface area contributed by atoms with Crippen LogP contribution in [0.5, 0.6) is 0 Å². The molecule has 8 rings (SSSR count). The van der Waals surface area contributed by atoms with E-state index in [4.69, 9.17) is 0 Å². The first-order valence-corrected chi connectivity index (χ1v) is 18.7. The summed E-state index contributed by atoms with van der Waals surface area (Å²) >= 11 is 3.78. The normalized spacial score (nSPS) is 20.3. The number of fused-ring (bicyclic) bond motifs is 10. The number of thioether (sulfide) groups is 2. The first-order chi connectivity index (χ1) is 21.6. The largest absolute Gasteiger partial charge is 0.128 e. The monoisotopic (exact) mass is 608 g/mol. The quantitative estimate of drug-likeness (QED) is 0.176. The summed E-state index contributed by atoms with van der Waals surface area (Å²) < 4.78 is 0. The summed E-state index contributed by atoms with van der Waals surface area (Å²) in [6, 6.07) is 37.2. The molecule has 0 bridgehead atoms. The Hall–Kier alpha value is -3.20. The first-order valence-electron chi connectivity index (χ1n) is 16.3. The van der Waals surface area contributed by atoms with Crippen LogP contribution in [0.4, 0.5) is 0 Å². The summed E-state index contributed by atoms with van der Waals surface area (Å²) in [6.45, 7) is 4.84. The molecule has 0 nitrogen and oxygen atoms in total. The van der Waals surface area contributed by atoms with Crippen molar-refractivity contribution in [1.29, 1.82) is 0 Å². The highest BCUT2D eigenvalue weighted by atomic mass is 32.2. The molecule has 220 valence electrons. The average molecular weight is 609 g/mol. The molecule has 0 heterocycles. The third kappa shape index (κ3) is 3.68. The predicted octanol–water partition coefficient (Wildman–Crippen LogP) is 11.9. The Morgan fingerprint density at radius 2 is 1.30 bits per heavy atom. The van der Waals surface area contributed by atoms with Gasteiger partial charge in [0.15, 0.2) is 0 Å². The molecule has 44 heavy (non-hydrogen) atoms. The smallest absolute Gasteiger partial charge is 0.0419 e. The van der Waals surface area contributed by atoms with E-state index in [2.05, 4.69) is 136 Å². The van der Waals surface area contributed by atoms with Crippen LogP contribution in [0.15, 0.2) is 113 Å². The van der Waals surface area contributed by atoms with Crippen LogP contribution >= 0.6 is 23.5 Å². The fraction of sp³-hybridized carbons (Fsp3) is 0.286. The van der Waals surface area contributed by atoms with Crippen LogP contribution in [0.1, 0.15) is 78.8 Å². The van der Waals surface area contributed by atoms with Gasteiger partial charge in [-0.2, -0.15) is 0 Å². The molecule has 0 saturated heterocycles. The minimum atomic E-state index is -0.169. The van der Waals surface area contributed by atoms with Gasteiger partial charge in [0.1, 0.15) is 0 Å². The minimum absolute atomic E-state index is 0.0119. The van der Waals surface area contributed by atoms with Crippen molar-refractivity contribution < 1.29 is 0 Å². The van der Waals surface area contributed by atoms with E-state index in [1.54, 1.807) is 11.1 Å². The molecule has 1 fully saturated rings. The second kappa shape index (κ2) is 10.7. The molecule has 2 heteroatoms. The average Bonchev–Trinajstić information content (AvgIpc) is 3.32. The Morgan fingerprint density at radius 3 is 1.86 bits per heavy atom. The van der Waals surface area contributed by atoms with E-state index in [0.29, 0.717) is 11.8 Å². The summed E-state index contributed by atoms with van der Waals surface area (Å²) in [4.78, 5) is 2.80. The molecule has 2 unspecified atom stereocenters. The maximum atomic E-state index is 2.64. The van der Waals surface area contributed by atoms with Crippen LogP contribution in [0.3, 0.4) is 0 Å². The van der Waals surface area contributed by atoms with Crippen molar-refractivity contribution in [2.24, 2.45) is 5.92 Å². The molecule has 5 aromatic carbocycles. The highest BCUT2D eigenvalue weighted by Crippen LogP contribution is 2.64. The van der Waals surface area contributed by atoms with Crippen molar-refractivity contribution in [2.45, 2.75) is 66.1 Å². The molecular weight excluding hydrogens is 569 g/mol. The van der Waals surface area contributed by atoms with E-state index in [1.807, 2.05) is 23.5 Å². The van der Waals surface area contributed by atoms with E-state index in [-0.39, 0.29) is 10.8 Å². The lowest BCUT2D eigenvalue weighted by Crippen LogP contribution is -2.43. The van der Waals surface area contributed by atoms with Gasteiger partial charge in [-0.05, 0) is 117 Å². The number of benzene rings is 5. The second-order valence-electron chi connectivity index (χ2n) is 12.9. The topological polar surface area (TPSA) is 0 Å². The first kappa shape index (κ1) is 28.3. The zero-order valence-corrected chi connectivity index (χ0v) is 27.8.